The van der Waals surface area contributed by atoms with Gasteiger partial charge in [-0.25, -0.2) is 0 Å². The van der Waals surface area contributed by atoms with Gasteiger partial charge in [-0.2, -0.15) is 0 Å². The van der Waals surface area contributed by atoms with Crippen molar-refractivity contribution in [2.24, 2.45) is 0 Å². The second-order valence-corrected chi connectivity index (χ2v) is 9.69. The average Bonchev–Trinajstić information content (AvgIpc) is 3.46. The van der Waals surface area contributed by atoms with E-state index in [1.54, 1.807) is 12.1 Å². The molecule has 7 nitrogen and oxygen atoms in total. The van der Waals surface area contributed by atoms with Crippen molar-refractivity contribution in [1.82, 2.24) is 0 Å². The Hall–Kier alpha value is -3.72. The van der Waals surface area contributed by atoms with E-state index in [4.69, 9.17) is 40.0 Å². The molecule has 5 rings (SSSR count). The maximum atomic E-state index is 12.4. The molecular formula is C30H24BrClO7. The van der Waals surface area contributed by atoms with Crippen LogP contribution in [0.2, 0.25) is 5.02 Å². The summed E-state index contributed by atoms with van der Waals surface area (Å²) in [5.74, 6) is 1.91. The molecule has 0 aliphatic carbocycles. The summed E-state index contributed by atoms with van der Waals surface area (Å²) in [6.07, 6.45) is 0.688. The van der Waals surface area contributed by atoms with Gasteiger partial charge in [-0.15, -0.1) is 0 Å². The van der Waals surface area contributed by atoms with Crippen LogP contribution in [0.15, 0.2) is 77.3 Å². The Bertz CT molecular complexity index is 1460. The summed E-state index contributed by atoms with van der Waals surface area (Å²) in [7, 11) is 1.49. The van der Waals surface area contributed by atoms with Crippen molar-refractivity contribution >= 4 is 33.8 Å². The molecule has 0 N–H and O–H groups in total. The minimum Gasteiger partial charge on any atom is -0.485 e. The maximum Gasteiger partial charge on any atom is 0.231 e. The summed E-state index contributed by atoms with van der Waals surface area (Å²) in [6, 6.07) is 23.0. The Kier molecular flexibility index (Phi) is 8.56. The fourth-order valence-corrected chi connectivity index (χ4v) is 5.02. The number of halogens is 2. The fourth-order valence-electron chi connectivity index (χ4n) is 4.15. The molecule has 0 spiro atoms. The van der Waals surface area contributed by atoms with E-state index < -0.39 is 0 Å². The fraction of sp³-hybridized carbons (Fsp3) is 0.167. The molecule has 39 heavy (non-hydrogen) atoms. The molecule has 0 aromatic heterocycles. The molecule has 1 aliphatic rings. The van der Waals surface area contributed by atoms with Crippen molar-refractivity contribution in [3.63, 3.8) is 0 Å². The Balaban J connectivity index is 1.61. The standard InChI is InChI=1S/C30H24BrClO7/c1-34-17-37-28-22(14-33)26(29-30(27(28)31)39-18-38-29)21-12-24(35-15-19-8-4-2-5-9-19)25(13-23(21)32)36-16-20-10-6-3-7-11-20/h2-14H,15-18H2,1H3. The number of hydrogen-bond donors (Lipinski definition) is 0. The van der Waals surface area contributed by atoms with E-state index in [2.05, 4.69) is 15.9 Å². The van der Waals surface area contributed by atoms with Crippen molar-refractivity contribution in [2.75, 3.05) is 20.7 Å². The Morgan fingerprint density at radius 1 is 0.872 bits per heavy atom. The summed E-state index contributed by atoms with van der Waals surface area (Å²) >= 11 is 10.3. The zero-order valence-electron chi connectivity index (χ0n) is 20.9. The summed E-state index contributed by atoms with van der Waals surface area (Å²) < 4.78 is 35.1. The van der Waals surface area contributed by atoms with Gasteiger partial charge in [0.25, 0.3) is 0 Å². The molecular weight excluding hydrogens is 588 g/mol. The quantitative estimate of drug-likeness (QED) is 0.129. The molecule has 4 aromatic carbocycles. The second kappa shape index (κ2) is 12.4. The number of carbonyl (C=O) groups excluding carboxylic acids is 1. The zero-order chi connectivity index (χ0) is 27.2. The lowest BCUT2D eigenvalue weighted by Gasteiger charge is -2.19. The van der Waals surface area contributed by atoms with Gasteiger partial charge in [0.2, 0.25) is 6.79 Å². The first-order valence-electron chi connectivity index (χ1n) is 12.0. The van der Waals surface area contributed by atoms with Crippen LogP contribution in [0.1, 0.15) is 21.5 Å². The molecule has 1 aliphatic heterocycles. The molecule has 4 aromatic rings. The summed E-state index contributed by atoms with van der Waals surface area (Å²) in [6.45, 7) is 0.506. The van der Waals surface area contributed by atoms with Crippen molar-refractivity contribution in [2.45, 2.75) is 13.2 Å². The molecule has 0 amide bonds. The van der Waals surface area contributed by atoms with E-state index in [0.717, 1.165) is 11.1 Å². The molecule has 9 heteroatoms. The number of hydrogen-bond acceptors (Lipinski definition) is 7. The number of benzene rings is 4. The lowest BCUT2D eigenvalue weighted by molar-refractivity contribution is 0.0499. The van der Waals surface area contributed by atoms with E-state index in [-0.39, 0.29) is 24.9 Å². The normalized spacial score (nSPS) is 11.8. The highest BCUT2D eigenvalue weighted by Crippen LogP contribution is 2.55. The summed E-state index contributed by atoms with van der Waals surface area (Å²) in [5.41, 5.74) is 3.10. The van der Waals surface area contributed by atoms with Gasteiger partial charge in [-0.05, 0) is 33.1 Å². The summed E-state index contributed by atoms with van der Waals surface area (Å²) in [5, 5.41) is 0.325. The lowest BCUT2D eigenvalue weighted by atomic mass is 9.97. The van der Waals surface area contributed by atoms with Crippen molar-refractivity contribution in [3.8, 4) is 39.9 Å². The van der Waals surface area contributed by atoms with Crippen LogP contribution in [0.5, 0.6) is 28.7 Å². The van der Waals surface area contributed by atoms with Gasteiger partial charge in [-0.3, -0.25) is 4.79 Å². The first-order chi connectivity index (χ1) is 19.1. The Morgan fingerprint density at radius 2 is 1.46 bits per heavy atom. The molecule has 0 atom stereocenters. The third kappa shape index (κ3) is 5.83. The van der Waals surface area contributed by atoms with Crippen LogP contribution in [-0.2, 0) is 18.0 Å². The van der Waals surface area contributed by atoms with Gasteiger partial charge < -0.3 is 28.4 Å². The third-order valence-electron chi connectivity index (χ3n) is 5.97. The van der Waals surface area contributed by atoms with E-state index in [1.165, 1.54) is 7.11 Å². The number of rotatable bonds is 11. The van der Waals surface area contributed by atoms with E-state index in [1.807, 2.05) is 60.7 Å². The van der Waals surface area contributed by atoms with Crippen molar-refractivity contribution in [1.29, 1.82) is 0 Å². The molecule has 0 saturated carbocycles. The maximum absolute atomic E-state index is 12.4. The van der Waals surface area contributed by atoms with Crippen LogP contribution in [0, 0.1) is 0 Å². The van der Waals surface area contributed by atoms with Crippen LogP contribution in [0.3, 0.4) is 0 Å². The largest absolute Gasteiger partial charge is 0.485 e. The first-order valence-corrected chi connectivity index (χ1v) is 13.2. The lowest BCUT2D eigenvalue weighted by Crippen LogP contribution is -2.05. The average molecular weight is 612 g/mol. The molecule has 0 fully saturated rings. The van der Waals surface area contributed by atoms with Crippen LogP contribution in [0.25, 0.3) is 11.1 Å². The first kappa shape index (κ1) is 26.9. The monoisotopic (exact) mass is 610 g/mol. The van der Waals surface area contributed by atoms with Gasteiger partial charge in [0.15, 0.2) is 41.8 Å². The van der Waals surface area contributed by atoms with Crippen molar-refractivity contribution < 1.29 is 33.2 Å². The number of methoxy groups -OCH3 is 1. The molecule has 200 valence electrons. The molecule has 0 saturated heterocycles. The molecule has 0 unspecified atom stereocenters. The second-order valence-electron chi connectivity index (χ2n) is 8.49. The topological polar surface area (TPSA) is 72.5 Å². The van der Waals surface area contributed by atoms with Crippen LogP contribution < -0.4 is 23.7 Å². The minimum atomic E-state index is -0.0794. The Labute approximate surface area is 239 Å². The third-order valence-corrected chi connectivity index (χ3v) is 7.00. The minimum absolute atomic E-state index is 0.0276. The smallest absolute Gasteiger partial charge is 0.231 e. The van der Waals surface area contributed by atoms with E-state index >= 15 is 0 Å². The van der Waals surface area contributed by atoms with Gasteiger partial charge >= 0.3 is 0 Å². The predicted octanol–water partition coefficient (Wildman–Crippen LogP) is 7.45. The number of ether oxygens (including phenoxy) is 6. The van der Waals surface area contributed by atoms with Gasteiger partial charge in [-0.1, -0.05) is 72.3 Å². The molecule has 1 heterocycles. The zero-order valence-corrected chi connectivity index (χ0v) is 23.3. The molecule has 0 bridgehead atoms. The van der Waals surface area contributed by atoms with Crippen LogP contribution in [-0.4, -0.2) is 27.0 Å². The van der Waals surface area contributed by atoms with Crippen LogP contribution >= 0.6 is 27.5 Å². The Morgan fingerprint density at radius 3 is 2.05 bits per heavy atom. The highest BCUT2D eigenvalue weighted by molar-refractivity contribution is 9.10. The summed E-state index contributed by atoms with van der Waals surface area (Å²) in [4.78, 5) is 12.4. The van der Waals surface area contributed by atoms with Gasteiger partial charge in [0.1, 0.15) is 17.7 Å². The van der Waals surface area contributed by atoms with Crippen LogP contribution in [0.4, 0.5) is 0 Å². The highest BCUT2D eigenvalue weighted by atomic mass is 79.9. The number of carbonyl (C=O) groups is 1. The number of fused-ring (bicyclic) bond motifs is 1. The SMILES string of the molecule is COCOc1c(Br)c2c(c(-c3cc(OCc4ccccc4)c(OCc4ccccc4)cc3Cl)c1C=O)OCO2. The number of aldehydes is 1. The van der Waals surface area contributed by atoms with Crippen molar-refractivity contribution in [3.05, 3.63) is 99.0 Å². The highest BCUT2D eigenvalue weighted by Gasteiger charge is 2.32. The van der Waals surface area contributed by atoms with Gasteiger partial charge in [0, 0.05) is 24.3 Å². The molecule has 0 radical (unpaired) electrons. The van der Waals surface area contributed by atoms with Gasteiger partial charge in [0.05, 0.1) is 10.6 Å². The van der Waals surface area contributed by atoms with E-state index in [0.29, 0.717) is 63.1 Å². The van der Waals surface area contributed by atoms with E-state index in [9.17, 15) is 4.79 Å². The predicted molar refractivity (Wildman–Crippen MR) is 150 cm³/mol.